The van der Waals surface area contributed by atoms with Gasteiger partial charge in [0.25, 0.3) is 0 Å². The number of carbonyl (C=O) groups excluding carboxylic acids is 1. The normalized spacial score (nSPS) is 33.6. The second-order valence-corrected chi connectivity index (χ2v) is 7.82. The Kier molecular flexibility index (Phi) is 9.41. The van der Waals surface area contributed by atoms with E-state index in [4.69, 9.17) is 15.2 Å². The van der Waals surface area contributed by atoms with Crippen molar-refractivity contribution in [2.24, 2.45) is 17.6 Å². The summed E-state index contributed by atoms with van der Waals surface area (Å²) in [6.07, 6.45) is 3.55. The molecule has 0 aromatic rings. The molecule has 8 heteroatoms. The zero-order valence-electron chi connectivity index (χ0n) is 16.3. The van der Waals surface area contributed by atoms with Crippen LogP contribution in [0.25, 0.3) is 0 Å². The molecular weight excluding hydrogens is 352 g/mol. The number of nitrogens with two attached hydrogens (primary N) is 1. The molecule has 6 N–H and O–H groups in total. The molecule has 1 saturated carbocycles. The maximum atomic E-state index is 12.3. The first-order valence-corrected chi connectivity index (χ1v) is 10.2. The Morgan fingerprint density at radius 2 is 2.00 bits per heavy atom. The van der Waals surface area contributed by atoms with Crippen LogP contribution in [0.2, 0.25) is 0 Å². The fourth-order valence-electron chi connectivity index (χ4n) is 4.09. The van der Waals surface area contributed by atoms with Crippen molar-refractivity contribution in [2.75, 3.05) is 19.7 Å². The first-order valence-electron chi connectivity index (χ1n) is 10.2. The average Bonchev–Trinajstić information content (AvgIpc) is 2.68. The van der Waals surface area contributed by atoms with Gasteiger partial charge in [0.2, 0.25) is 5.91 Å². The molecule has 1 amide bonds. The number of nitrogens with one attached hydrogen (secondary N) is 1. The van der Waals surface area contributed by atoms with E-state index in [0.29, 0.717) is 6.54 Å². The SMILES string of the molecule is C[C@@H](O[C@H]1C(O)C(CO)OC(O)[C@H]1CN)C(=O)NCCCC1CCCCC1. The molecule has 0 spiro atoms. The Morgan fingerprint density at radius 3 is 2.63 bits per heavy atom. The third-order valence-corrected chi connectivity index (χ3v) is 5.82. The summed E-state index contributed by atoms with van der Waals surface area (Å²) in [5.74, 6) is -0.156. The van der Waals surface area contributed by atoms with Gasteiger partial charge in [-0.3, -0.25) is 4.79 Å². The largest absolute Gasteiger partial charge is 0.394 e. The molecule has 1 heterocycles. The van der Waals surface area contributed by atoms with Gasteiger partial charge in [0.15, 0.2) is 6.29 Å². The lowest BCUT2D eigenvalue weighted by molar-refractivity contribution is -0.280. The van der Waals surface area contributed by atoms with Crippen LogP contribution in [0, 0.1) is 11.8 Å². The highest BCUT2D eigenvalue weighted by molar-refractivity contribution is 5.80. The molecule has 0 aromatic heterocycles. The van der Waals surface area contributed by atoms with E-state index >= 15 is 0 Å². The molecule has 2 aliphatic rings. The number of aliphatic hydroxyl groups is 3. The molecule has 3 unspecified atom stereocenters. The quantitative estimate of drug-likeness (QED) is 0.348. The number of carbonyl (C=O) groups is 1. The lowest BCUT2D eigenvalue weighted by Crippen LogP contribution is -2.59. The topological polar surface area (TPSA) is 134 Å². The highest BCUT2D eigenvalue weighted by atomic mass is 16.6. The predicted octanol–water partition coefficient (Wildman–Crippen LogP) is -0.118. The zero-order valence-corrected chi connectivity index (χ0v) is 16.3. The zero-order chi connectivity index (χ0) is 19.8. The summed E-state index contributed by atoms with van der Waals surface area (Å²) < 4.78 is 10.9. The van der Waals surface area contributed by atoms with Crippen LogP contribution in [0.4, 0.5) is 0 Å². The second kappa shape index (κ2) is 11.3. The Balaban J connectivity index is 1.77. The summed E-state index contributed by atoms with van der Waals surface area (Å²) in [4.78, 5) is 12.3. The molecule has 1 aliphatic heterocycles. The third kappa shape index (κ3) is 6.37. The summed E-state index contributed by atoms with van der Waals surface area (Å²) in [5.41, 5.74) is 5.66. The van der Waals surface area contributed by atoms with Crippen molar-refractivity contribution in [3.8, 4) is 0 Å². The van der Waals surface area contributed by atoms with Crippen LogP contribution >= 0.6 is 0 Å². The Morgan fingerprint density at radius 1 is 1.30 bits per heavy atom. The second-order valence-electron chi connectivity index (χ2n) is 7.82. The standard InChI is InChI=1S/C19H36N2O6/c1-12(18(24)21-9-5-8-13-6-3-2-4-7-13)26-17-14(10-20)19(25)27-15(11-22)16(17)23/h12-17,19,22-23,25H,2-11,20H2,1H3,(H,21,24)/t12-,14+,15?,16?,17-,19?/m1/s1. The van der Waals surface area contributed by atoms with Crippen molar-refractivity contribution in [3.63, 3.8) is 0 Å². The van der Waals surface area contributed by atoms with Crippen LogP contribution in [-0.4, -0.2) is 71.6 Å². The van der Waals surface area contributed by atoms with Crippen LogP contribution in [0.15, 0.2) is 0 Å². The fraction of sp³-hybridized carbons (Fsp3) is 0.947. The van der Waals surface area contributed by atoms with Crippen LogP contribution in [0.5, 0.6) is 0 Å². The van der Waals surface area contributed by atoms with Gasteiger partial charge in [-0.1, -0.05) is 32.1 Å². The van der Waals surface area contributed by atoms with Gasteiger partial charge in [-0.15, -0.1) is 0 Å². The third-order valence-electron chi connectivity index (χ3n) is 5.82. The van der Waals surface area contributed by atoms with Crippen molar-refractivity contribution in [3.05, 3.63) is 0 Å². The number of amides is 1. The minimum atomic E-state index is -1.26. The maximum absolute atomic E-state index is 12.3. The first kappa shape index (κ1) is 22.5. The summed E-state index contributed by atoms with van der Waals surface area (Å²) in [5, 5.41) is 32.5. The molecule has 1 aliphatic carbocycles. The molecule has 0 radical (unpaired) electrons. The van der Waals surface area contributed by atoms with Crippen LogP contribution < -0.4 is 11.1 Å². The summed E-state index contributed by atoms with van der Waals surface area (Å²) >= 11 is 0. The van der Waals surface area contributed by atoms with E-state index in [2.05, 4.69) is 5.32 Å². The van der Waals surface area contributed by atoms with Crippen LogP contribution in [-0.2, 0) is 14.3 Å². The van der Waals surface area contributed by atoms with Crippen molar-refractivity contribution in [1.29, 1.82) is 0 Å². The van der Waals surface area contributed by atoms with E-state index in [1.54, 1.807) is 6.92 Å². The molecular formula is C19H36N2O6. The smallest absolute Gasteiger partial charge is 0.248 e. The Hall–Kier alpha value is -0.770. The van der Waals surface area contributed by atoms with E-state index < -0.39 is 43.2 Å². The number of aliphatic hydroxyl groups excluding tert-OH is 3. The number of ether oxygens (including phenoxy) is 2. The molecule has 1 saturated heterocycles. The predicted molar refractivity (Wildman–Crippen MR) is 99.7 cm³/mol. The maximum Gasteiger partial charge on any atom is 0.248 e. The summed E-state index contributed by atoms with van der Waals surface area (Å²) in [7, 11) is 0. The Labute approximate surface area is 161 Å². The monoisotopic (exact) mass is 388 g/mol. The highest BCUT2D eigenvalue weighted by Crippen LogP contribution is 2.28. The van der Waals surface area contributed by atoms with Crippen LogP contribution in [0.3, 0.4) is 0 Å². The highest BCUT2D eigenvalue weighted by Gasteiger charge is 2.45. The van der Waals surface area contributed by atoms with Gasteiger partial charge < -0.3 is 35.8 Å². The van der Waals surface area contributed by atoms with Gasteiger partial charge in [0, 0.05) is 13.1 Å². The van der Waals surface area contributed by atoms with Gasteiger partial charge >= 0.3 is 0 Å². The van der Waals surface area contributed by atoms with Crippen molar-refractivity contribution in [2.45, 2.75) is 82.6 Å². The molecule has 0 aromatic carbocycles. The molecule has 2 rings (SSSR count). The van der Waals surface area contributed by atoms with Gasteiger partial charge in [0.1, 0.15) is 18.3 Å². The molecule has 8 nitrogen and oxygen atoms in total. The molecule has 158 valence electrons. The van der Waals surface area contributed by atoms with Gasteiger partial charge in [-0.25, -0.2) is 0 Å². The number of rotatable bonds is 9. The molecule has 2 fully saturated rings. The van der Waals surface area contributed by atoms with Crippen molar-refractivity contribution < 1.29 is 29.6 Å². The number of hydrogen-bond acceptors (Lipinski definition) is 7. The average molecular weight is 389 g/mol. The molecule has 0 bridgehead atoms. The lowest BCUT2D eigenvalue weighted by Gasteiger charge is -2.42. The fourth-order valence-corrected chi connectivity index (χ4v) is 4.09. The van der Waals surface area contributed by atoms with E-state index in [0.717, 1.165) is 18.8 Å². The van der Waals surface area contributed by atoms with E-state index in [-0.39, 0.29) is 12.5 Å². The Bertz CT molecular complexity index is 446. The van der Waals surface area contributed by atoms with Gasteiger partial charge in [-0.05, 0) is 25.7 Å². The van der Waals surface area contributed by atoms with Gasteiger partial charge in [-0.2, -0.15) is 0 Å². The molecule has 27 heavy (non-hydrogen) atoms. The minimum Gasteiger partial charge on any atom is -0.394 e. The summed E-state index contributed by atoms with van der Waals surface area (Å²) in [6, 6.07) is 0. The van der Waals surface area contributed by atoms with Crippen molar-refractivity contribution in [1.82, 2.24) is 5.32 Å². The first-order chi connectivity index (χ1) is 13.0. The van der Waals surface area contributed by atoms with E-state index in [1.807, 2.05) is 0 Å². The van der Waals surface area contributed by atoms with Crippen molar-refractivity contribution >= 4 is 5.91 Å². The minimum absolute atomic E-state index is 0.0246. The lowest BCUT2D eigenvalue weighted by atomic mass is 9.86. The van der Waals surface area contributed by atoms with E-state index in [1.165, 1.54) is 32.1 Å². The van der Waals surface area contributed by atoms with E-state index in [9.17, 15) is 20.1 Å². The number of hydrogen-bond donors (Lipinski definition) is 5. The van der Waals surface area contributed by atoms with Gasteiger partial charge in [0.05, 0.1) is 18.6 Å². The molecule has 6 atom stereocenters. The van der Waals surface area contributed by atoms with Crippen LogP contribution in [0.1, 0.15) is 51.9 Å². The summed E-state index contributed by atoms with van der Waals surface area (Å²) in [6.45, 7) is 1.77.